The van der Waals surface area contributed by atoms with E-state index in [2.05, 4.69) is 14.9 Å². The fourth-order valence-electron chi connectivity index (χ4n) is 3.17. The fraction of sp³-hybridized carbons (Fsp3) is 0.818. The van der Waals surface area contributed by atoms with E-state index in [1.165, 1.54) is 4.90 Å². The zero-order chi connectivity index (χ0) is 16.8. The van der Waals surface area contributed by atoms with E-state index in [9.17, 15) is 22.4 Å². The van der Waals surface area contributed by atoms with E-state index in [-0.39, 0.29) is 13.1 Å². The normalized spacial score (nSPS) is 34.1. The summed E-state index contributed by atoms with van der Waals surface area (Å²) in [4.78, 5) is 25.6. The van der Waals surface area contributed by atoms with Crippen LogP contribution in [0.2, 0.25) is 0 Å². The number of nitrogens with one attached hydrogen (secondary N) is 2. The summed E-state index contributed by atoms with van der Waals surface area (Å²) in [5.41, 5.74) is 0. The largest absolute Gasteiger partial charge is 0.418 e. The molecule has 10 nitrogen and oxygen atoms in total. The molecular formula is C11H17FN4O6S. The van der Waals surface area contributed by atoms with Gasteiger partial charge in [-0.2, -0.15) is 13.5 Å². The molecule has 0 spiro atoms. The molecule has 0 aromatic rings. The van der Waals surface area contributed by atoms with Gasteiger partial charge in [0.15, 0.2) is 0 Å². The van der Waals surface area contributed by atoms with Gasteiger partial charge < -0.3 is 15.5 Å². The van der Waals surface area contributed by atoms with Gasteiger partial charge in [0.2, 0.25) is 5.91 Å². The summed E-state index contributed by atoms with van der Waals surface area (Å²) < 4.78 is 48.1. The summed E-state index contributed by atoms with van der Waals surface area (Å²) in [6, 6.07) is -2.84. The third-order valence-corrected chi connectivity index (χ3v) is 4.62. The Hall–Kier alpha value is -1.50. The number of hydrogen-bond donors (Lipinski definition) is 3. The van der Waals surface area contributed by atoms with Crippen molar-refractivity contribution < 1.29 is 31.2 Å². The number of carbonyl (C=O) groups is 2. The van der Waals surface area contributed by atoms with E-state index in [0.29, 0.717) is 24.4 Å². The van der Waals surface area contributed by atoms with E-state index in [1.54, 1.807) is 0 Å². The summed E-state index contributed by atoms with van der Waals surface area (Å²) in [5.74, 6) is -0.484. The molecule has 3 aliphatic rings. The lowest BCUT2D eigenvalue weighted by molar-refractivity contribution is -0.127. The lowest BCUT2D eigenvalue weighted by Gasteiger charge is -2.30. The standard InChI is InChI=1S/C11H17FN4O6S/c12-7-3-13-4-8(7)14-10(17)9-2-1-6-5-15(9)11(18)16(6)22-23(19,20)21/h6-9,13H,1-5H2,(H,14,17)(H,19,20,21)/t6?,7-,8+,9+/m1/s1. The second-order valence-corrected chi connectivity index (χ2v) is 6.80. The van der Waals surface area contributed by atoms with Crippen LogP contribution in [0.4, 0.5) is 9.18 Å². The Kier molecular flexibility index (Phi) is 4.16. The molecule has 23 heavy (non-hydrogen) atoms. The third-order valence-electron chi connectivity index (χ3n) is 4.27. The predicted octanol–water partition coefficient (Wildman–Crippen LogP) is -1.58. The molecule has 4 atom stereocenters. The molecule has 0 aliphatic carbocycles. The number of fused-ring (bicyclic) bond motifs is 2. The number of piperidine rings is 1. The number of hydroxylamine groups is 2. The predicted molar refractivity (Wildman–Crippen MR) is 73.1 cm³/mol. The van der Waals surface area contributed by atoms with Crippen molar-refractivity contribution in [1.29, 1.82) is 0 Å². The van der Waals surface area contributed by atoms with Gasteiger partial charge in [0.05, 0.1) is 12.1 Å². The molecule has 0 aromatic heterocycles. The lowest BCUT2D eigenvalue weighted by atomic mass is 10.00. The van der Waals surface area contributed by atoms with Crippen molar-refractivity contribution in [2.24, 2.45) is 0 Å². The average molecular weight is 352 g/mol. The zero-order valence-corrected chi connectivity index (χ0v) is 12.8. The highest BCUT2D eigenvalue weighted by atomic mass is 32.3. The molecule has 3 aliphatic heterocycles. The molecule has 1 unspecified atom stereocenters. The van der Waals surface area contributed by atoms with Crippen LogP contribution in [0.15, 0.2) is 0 Å². The van der Waals surface area contributed by atoms with Gasteiger partial charge in [0.1, 0.15) is 12.2 Å². The number of alkyl halides is 1. The second-order valence-electron chi connectivity index (χ2n) is 5.80. The minimum atomic E-state index is -4.82. The van der Waals surface area contributed by atoms with Crippen molar-refractivity contribution in [2.75, 3.05) is 19.6 Å². The molecule has 3 N–H and O–H groups in total. The number of halogens is 1. The van der Waals surface area contributed by atoms with Crippen molar-refractivity contribution in [1.82, 2.24) is 20.6 Å². The number of carbonyl (C=O) groups excluding carboxylic acids is 2. The maximum absolute atomic E-state index is 13.5. The highest BCUT2D eigenvalue weighted by Gasteiger charge is 2.49. The topological polar surface area (TPSA) is 128 Å². The molecule has 12 heteroatoms. The molecule has 3 heterocycles. The fourth-order valence-corrected chi connectivity index (χ4v) is 3.56. The van der Waals surface area contributed by atoms with Crippen LogP contribution in [0.5, 0.6) is 0 Å². The van der Waals surface area contributed by atoms with Crippen LogP contribution in [0.3, 0.4) is 0 Å². The average Bonchev–Trinajstić information content (AvgIpc) is 2.96. The van der Waals surface area contributed by atoms with Crippen LogP contribution in [0.1, 0.15) is 12.8 Å². The van der Waals surface area contributed by atoms with Gasteiger partial charge in [-0.15, -0.1) is 4.28 Å². The number of hydrogen-bond acceptors (Lipinski definition) is 6. The van der Waals surface area contributed by atoms with Crippen molar-refractivity contribution in [3.63, 3.8) is 0 Å². The van der Waals surface area contributed by atoms with E-state index >= 15 is 0 Å². The Bertz CT molecular complexity index is 616. The van der Waals surface area contributed by atoms with Crippen LogP contribution < -0.4 is 10.6 Å². The maximum atomic E-state index is 13.5. The molecular weight excluding hydrogens is 335 g/mol. The Morgan fingerprint density at radius 3 is 2.74 bits per heavy atom. The SMILES string of the molecule is O=C(N[C@H]1CNC[C@H]1F)[C@@H]1CCC2CN1C(=O)N2OS(=O)(=O)O. The molecule has 3 amide bonds. The van der Waals surface area contributed by atoms with Gasteiger partial charge in [-0.1, -0.05) is 0 Å². The van der Waals surface area contributed by atoms with Crippen LogP contribution in [-0.4, -0.2) is 78.8 Å². The molecule has 3 rings (SSSR count). The molecule has 3 fully saturated rings. The van der Waals surface area contributed by atoms with Crippen LogP contribution in [0.25, 0.3) is 0 Å². The Morgan fingerprint density at radius 1 is 1.39 bits per heavy atom. The van der Waals surface area contributed by atoms with Gasteiger partial charge >= 0.3 is 16.4 Å². The van der Waals surface area contributed by atoms with E-state index in [0.717, 1.165) is 0 Å². The molecule has 3 saturated heterocycles. The van der Waals surface area contributed by atoms with Crippen molar-refractivity contribution in [3.05, 3.63) is 0 Å². The summed E-state index contributed by atoms with van der Waals surface area (Å²) >= 11 is 0. The first-order valence-corrected chi connectivity index (χ1v) is 8.55. The zero-order valence-electron chi connectivity index (χ0n) is 12.0. The number of urea groups is 1. The van der Waals surface area contributed by atoms with Gasteiger partial charge in [0.25, 0.3) is 0 Å². The molecule has 0 aromatic carbocycles. The molecule has 130 valence electrons. The summed E-state index contributed by atoms with van der Waals surface area (Å²) in [6.07, 6.45) is -0.563. The van der Waals surface area contributed by atoms with Gasteiger partial charge in [-0.3, -0.25) is 9.35 Å². The summed E-state index contributed by atoms with van der Waals surface area (Å²) in [7, 11) is -4.82. The first-order chi connectivity index (χ1) is 10.8. The second kappa shape index (κ2) is 5.85. The number of rotatable bonds is 4. The number of amides is 3. The van der Waals surface area contributed by atoms with Crippen molar-refractivity contribution >= 4 is 22.3 Å². The van der Waals surface area contributed by atoms with Gasteiger partial charge in [-0.05, 0) is 12.8 Å². The molecule has 2 bridgehead atoms. The maximum Gasteiger partial charge on any atom is 0.418 e. The van der Waals surface area contributed by atoms with Crippen molar-refractivity contribution in [3.8, 4) is 0 Å². The van der Waals surface area contributed by atoms with Crippen LogP contribution >= 0.6 is 0 Å². The van der Waals surface area contributed by atoms with E-state index in [4.69, 9.17) is 4.55 Å². The van der Waals surface area contributed by atoms with E-state index in [1.807, 2.05) is 0 Å². The third kappa shape index (κ3) is 3.24. The van der Waals surface area contributed by atoms with Gasteiger partial charge in [-0.25, -0.2) is 9.18 Å². The monoisotopic (exact) mass is 352 g/mol. The highest BCUT2D eigenvalue weighted by Crippen LogP contribution is 2.30. The Balaban J connectivity index is 1.67. The first-order valence-electron chi connectivity index (χ1n) is 7.18. The summed E-state index contributed by atoms with van der Waals surface area (Å²) in [6.45, 7) is 0.582. The molecule has 0 radical (unpaired) electrons. The number of nitrogens with zero attached hydrogens (tertiary/aromatic N) is 2. The van der Waals surface area contributed by atoms with E-state index < -0.39 is 46.6 Å². The quantitative estimate of drug-likeness (QED) is 0.521. The van der Waals surface area contributed by atoms with Crippen molar-refractivity contribution in [2.45, 2.75) is 37.1 Å². The van der Waals surface area contributed by atoms with Gasteiger partial charge in [0, 0.05) is 19.6 Å². The van der Waals surface area contributed by atoms with Crippen LogP contribution in [-0.2, 0) is 19.5 Å². The smallest absolute Gasteiger partial charge is 0.347 e. The minimum Gasteiger partial charge on any atom is -0.347 e. The first kappa shape index (κ1) is 16.4. The Labute approximate surface area is 131 Å². The van der Waals surface area contributed by atoms with Crippen LogP contribution in [0, 0.1) is 0 Å². The Morgan fingerprint density at radius 2 is 2.13 bits per heavy atom. The highest BCUT2D eigenvalue weighted by molar-refractivity contribution is 7.80. The molecule has 0 saturated carbocycles. The summed E-state index contributed by atoms with van der Waals surface area (Å²) in [5, 5.41) is 5.95. The lowest BCUT2D eigenvalue weighted by Crippen LogP contribution is -2.53. The minimum absolute atomic E-state index is 0.106.